The molecule has 7 heteroatoms. The molecule has 2 aromatic rings. The maximum absolute atomic E-state index is 13.0. The SMILES string of the molecule is CC(O/N=C/c1ccc(N(C)C)cc1)C(=O)Nc1ccc(F)cc1Cl. The van der Waals surface area contributed by atoms with Gasteiger partial charge in [0.1, 0.15) is 5.82 Å². The van der Waals surface area contributed by atoms with Crippen LogP contribution in [0.2, 0.25) is 5.02 Å². The first-order valence-corrected chi connectivity index (χ1v) is 7.97. The second-order valence-electron chi connectivity index (χ2n) is 5.58. The number of nitrogens with one attached hydrogen (secondary N) is 1. The third-order valence-electron chi connectivity index (χ3n) is 3.39. The van der Waals surface area contributed by atoms with Crippen LogP contribution in [0.5, 0.6) is 0 Å². The van der Waals surface area contributed by atoms with Gasteiger partial charge < -0.3 is 15.1 Å². The van der Waals surface area contributed by atoms with Gasteiger partial charge >= 0.3 is 0 Å². The summed E-state index contributed by atoms with van der Waals surface area (Å²) in [4.78, 5) is 19.2. The number of amides is 1. The minimum atomic E-state index is -0.835. The molecule has 0 aromatic heterocycles. The van der Waals surface area contributed by atoms with Gasteiger partial charge in [0.2, 0.25) is 6.10 Å². The van der Waals surface area contributed by atoms with Gasteiger partial charge in [-0.1, -0.05) is 28.9 Å². The summed E-state index contributed by atoms with van der Waals surface area (Å²) in [5.41, 5.74) is 2.23. The number of halogens is 2. The lowest BCUT2D eigenvalue weighted by Crippen LogP contribution is -2.26. The summed E-state index contributed by atoms with van der Waals surface area (Å²) in [6.45, 7) is 1.55. The number of hydrogen-bond donors (Lipinski definition) is 1. The average molecular weight is 364 g/mol. The Balaban J connectivity index is 1.90. The van der Waals surface area contributed by atoms with E-state index in [4.69, 9.17) is 16.4 Å². The first kappa shape index (κ1) is 18.7. The molecule has 5 nitrogen and oxygen atoms in total. The van der Waals surface area contributed by atoms with Gasteiger partial charge in [-0.3, -0.25) is 4.79 Å². The summed E-state index contributed by atoms with van der Waals surface area (Å²) in [6, 6.07) is 11.4. The lowest BCUT2D eigenvalue weighted by atomic mass is 10.2. The Morgan fingerprint density at radius 3 is 2.56 bits per heavy atom. The van der Waals surface area contributed by atoms with Crippen molar-refractivity contribution in [1.29, 1.82) is 0 Å². The molecular formula is C18H19ClFN3O2. The molecule has 0 radical (unpaired) electrons. The second kappa shape index (κ2) is 8.48. The fourth-order valence-electron chi connectivity index (χ4n) is 1.91. The molecule has 0 spiro atoms. The van der Waals surface area contributed by atoms with Crippen molar-refractivity contribution in [2.45, 2.75) is 13.0 Å². The first-order valence-electron chi connectivity index (χ1n) is 7.59. The van der Waals surface area contributed by atoms with Crippen molar-refractivity contribution in [2.75, 3.05) is 24.3 Å². The Hall–Kier alpha value is -2.60. The Bertz CT molecular complexity index is 763. The lowest BCUT2D eigenvalue weighted by molar-refractivity contribution is -0.126. The first-order chi connectivity index (χ1) is 11.9. The van der Waals surface area contributed by atoms with Crippen LogP contribution in [-0.4, -0.2) is 32.3 Å². The van der Waals surface area contributed by atoms with E-state index in [0.717, 1.165) is 17.3 Å². The van der Waals surface area contributed by atoms with Crippen LogP contribution in [-0.2, 0) is 9.63 Å². The Morgan fingerprint density at radius 2 is 1.96 bits per heavy atom. The third kappa shape index (κ3) is 5.46. The fraction of sp³-hybridized carbons (Fsp3) is 0.222. The molecule has 2 aromatic carbocycles. The second-order valence-corrected chi connectivity index (χ2v) is 5.99. The molecule has 0 bridgehead atoms. The average Bonchev–Trinajstić information content (AvgIpc) is 2.57. The van der Waals surface area contributed by atoms with E-state index in [1.807, 2.05) is 43.3 Å². The van der Waals surface area contributed by atoms with Gasteiger partial charge in [0.25, 0.3) is 5.91 Å². The molecule has 1 amide bonds. The zero-order chi connectivity index (χ0) is 18.4. The van der Waals surface area contributed by atoms with Gasteiger partial charge in [-0.25, -0.2) is 4.39 Å². The van der Waals surface area contributed by atoms with Gasteiger partial charge in [-0.15, -0.1) is 0 Å². The zero-order valence-corrected chi connectivity index (χ0v) is 14.9. The predicted molar refractivity (Wildman–Crippen MR) is 98.9 cm³/mol. The largest absolute Gasteiger partial charge is 0.383 e. The quantitative estimate of drug-likeness (QED) is 0.625. The fourth-order valence-corrected chi connectivity index (χ4v) is 2.13. The molecule has 0 aliphatic carbocycles. The van der Waals surface area contributed by atoms with Crippen LogP contribution in [0.15, 0.2) is 47.6 Å². The minimum Gasteiger partial charge on any atom is -0.383 e. The number of benzene rings is 2. The van der Waals surface area contributed by atoms with E-state index in [2.05, 4.69) is 10.5 Å². The lowest BCUT2D eigenvalue weighted by Gasteiger charge is -2.12. The van der Waals surface area contributed by atoms with Gasteiger partial charge in [-0.2, -0.15) is 0 Å². The Morgan fingerprint density at radius 1 is 1.28 bits per heavy atom. The highest BCUT2D eigenvalue weighted by Crippen LogP contribution is 2.22. The van der Waals surface area contributed by atoms with Gasteiger partial charge in [0, 0.05) is 19.8 Å². The number of rotatable bonds is 6. The topological polar surface area (TPSA) is 53.9 Å². The van der Waals surface area contributed by atoms with Crippen LogP contribution >= 0.6 is 11.6 Å². The summed E-state index contributed by atoms with van der Waals surface area (Å²) in [6.07, 6.45) is 0.687. The van der Waals surface area contributed by atoms with Crippen LogP contribution in [0.4, 0.5) is 15.8 Å². The maximum atomic E-state index is 13.0. The summed E-state index contributed by atoms with van der Waals surface area (Å²) in [5.74, 6) is -0.911. The van der Waals surface area contributed by atoms with E-state index in [1.54, 1.807) is 6.92 Å². The van der Waals surface area contributed by atoms with Crippen LogP contribution in [0.3, 0.4) is 0 Å². The maximum Gasteiger partial charge on any atom is 0.268 e. The third-order valence-corrected chi connectivity index (χ3v) is 3.70. The van der Waals surface area contributed by atoms with Gasteiger partial charge in [-0.05, 0) is 42.8 Å². The molecule has 0 heterocycles. The summed E-state index contributed by atoms with van der Waals surface area (Å²) in [5, 5.41) is 6.50. The number of oxime groups is 1. The van der Waals surface area contributed by atoms with Crippen LogP contribution in [0.1, 0.15) is 12.5 Å². The van der Waals surface area contributed by atoms with Crippen molar-refractivity contribution >= 4 is 35.1 Å². The number of nitrogens with zero attached hydrogens (tertiary/aromatic N) is 2. The number of anilines is 2. The molecule has 0 fully saturated rings. The van der Waals surface area contributed by atoms with E-state index < -0.39 is 17.8 Å². The van der Waals surface area contributed by atoms with Crippen LogP contribution < -0.4 is 10.2 Å². The highest BCUT2D eigenvalue weighted by molar-refractivity contribution is 6.33. The number of carbonyl (C=O) groups is 1. The normalized spacial score (nSPS) is 12.0. The predicted octanol–water partition coefficient (Wildman–Crippen LogP) is 3.92. The molecular weight excluding hydrogens is 345 g/mol. The number of hydrogen-bond acceptors (Lipinski definition) is 4. The summed E-state index contributed by atoms with van der Waals surface area (Å²) >= 11 is 5.87. The Kier molecular flexibility index (Phi) is 6.36. The summed E-state index contributed by atoms with van der Waals surface area (Å²) < 4.78 is 13.0. The highest BCUT2D eigenvalue weighted by Gasteiger charge is 2.15. The molecule has 1 unspecified atom stereocenters. The van der Waals surface area contributed by atoms with E-state index in [-0.39, 0.29) is 5.02 Å². The smallest absolute Gasteiger partial charge is 0.268 e. The van der Waals surface area contributed by atoms with Crippen molar-refractivity contribution in [3.8, 4) is 0 Å². The molecule has 0 saturated carbocycles. The van der Waals surface area contributed by atoms with Crippen molar-refractivity contribution in [2.24, 2.45) is 5.16 Å². The van der Waals surface area contributed by atoms with Gasteiger partial charge in [0.05, 0.1) is 16.9 Å². The Labute approximate surface area is 151 Å². The van der Waals surface area contributed by atoms with Crippen molar-refractivity contribution in [3.05, 3.63) is 58.9 Å². The van der Waals surface area contributed by atoms with E-state index in [1.165, 1.54) is 18.3 Å². The van der Waals surface area contributed by atoms with Crippen molar-refractivity contribution < 1.29 is 14.0 Å². The number of carbonyl (C=O) groups excluding carboxylic acids is 1. The van der Waals surface area contributed by atoms with E-state index in [0.29, 0.717) is 5.69 Å². The molecule has 1 atom stereocenters. The molecule has 1 N–H and O–H groups in total. The van der Waals surface area contributed by atoms with E-state index in [9.17, 15) is 9.18 Å². The molecule has 25 heavy (non-hydrogen) atoms. The van der Waals surface area contributed by atoms with E-state index >= 15 is 0 Å². The molecule has 0 aliphatic heterocycles. The molecule has 132 valence electrons. The summed E-state index contributed by atoms with van der Waals surface area (Å²) in [7, 11) is 3.92. The molecule has 0 saturated heterocycles. The minimum absolute atomic E-state index is 0.116. The standard InChI is InChI=1S/C18H19ClFN3O2/c1-12(18(24)22-17-9-6-14(20)10-16(17)19)25-21-11-13-4-7-15(8-5-13)23(2)3/h4-12H,1-3H3,(H,22,24)/b21-11+. The van der Waals surface area contributed by atoms with Crippen molar-refractivity contribution in [1.82, 2.24) is 0 Å². The van der Waals surface area contributed by atoms with Crippen LogP contribution in [0, 0.1) is 5.82 Å². The van der Waals surface area contributed by atoms with Gasteiger partial charge in [0.15, 0.2) is 0 Å². The highest BCUT2D eigenvalue weighted by atomic mass is 35.5. The molecule has 2 rings (SSSR count). The zero-order valence-electron chi connectivity index (χ0n) is 14.2. The monoisotopic (exact) mass is 363 g/mol. The molecule has 0 aliphatic rings. The van der Waals surface area contributed by atoms with Crippen LogP contribution in [0.25, 0.3) is 0 Å². The van der Waals surface area contributed by atoms with Crippen molar-refractivity contribution in [3.63, 3.8) is 0 Å².